The first-order valence-corrected chi connectivity index (χ1v) is 9.45. The van der Waals surface area contributed by atoms with Crippen LogP contribution in [0.2, 0.25) is 0 Å². The second-order valence-corrected chi connectivity index (χ2v) is 7.05. The van der Waals surface area contributed by atoms with Crippen molar-refractivity contribution in [3.05, 3.63) is 89.7 Å². The monoisotopic (exact) mass is 368 g/mol. The van der Waals surface area contributed by atoms with Crippen molar-refractivity contribution in [1.29, 1.82) is 5.41 Å². The smallest absolute Gasteiger partial charge is 0.225 e. The normalized spacial score (nSPS) is 11.1. The second-order valence-electron chi connectivity index (χ2n) is 6.30. The van der Waals surface area contributed by atoms with Gasteiger partial charge in [-0.2, -0.15) is 4.37 Å². The van der Waals surface area contributed by atoms with Gasteiger partial charge in [0.1, 0.15) is 0 Å². The van der Waals surface area contributed by atoms with Gasteiger partial charge in [-0.05, 0) is 22.9 Å². The van der Waals surface area contributed by atoms with Crippen LogP contribution in [0.1, 0.15) is 0 Å². The largest absolute Gasteiger partial charge is 0.324 e. The van der Waals surface area contributed by atoms with E-state index < -0.39 is 0 Å². The number of hydrogen-bond acceptors (Lipinski definition) is 4. The van der Waals surface area contributed by atoms with E-state index >= 15 is 0 Å². The lowest BCUT2D eigenvalue weighted by Crippen LogP contribution is -2.14. The highest BCUT2D eigenvalue weighted by Crippen LogP contribution is 2.28. The highest BCUT2D eigenvalue weighted by atomic mass is 32.1. The fourth-order valence-electron chi connectivity index (χ4n) is 3.42. The number of nitrogens with zero attached hydrogens (tertiary/aromatic N) is 2. The van der Waals surface area contributed by atoms with E-state index in [0.717, 1.165) is 27.5 Å². The van der Waals surface area contributed by atoms with Gasteiger partial charge in [-0.3, -0.25) is 9.98 Å². The Labute approximate surface area is 160 Å². The topological polar surface area (TPSA) is 53.7 Å². The van der Waals surface area contributed by atoms with E-state index in [9.17, 15) is 0 Å². The van der Waals surface area contributed by atoms with Crippen LogP contribution in [-0.2, 0) is 0 Å². The van der Waals surface area contributed by atoms with Gasteiger partial charge in [0.05, 0.1) is 5.69 Å². The van der Waals surface area contributed by atoms with Crippen molar-refractivity contribution in [3.8, 4) is 5.69 Å². The molecule has 0 saturated carbocycles. The van der Waals surface area contributed by atoms with Crippen LogP contribution in [0, 0.1) is 5.41 Å². The average molecular weight is 368 g/mol. The van der Waals surface area contributed by atoms with Crippen LogP contribution in [0.5, 0.6) is 0 Å². The maximum atomic E-state index is 8.41. The molecule has 4 nitrogen and oxygen atoms in total. The van der Waals surface area contributed by atoms with Crippen LogP contribution in [0.3, 0.4) is 0 Å². The number of rotatable bonds is 3. The standard InChI is InChI=1S/C22H16N4S/c23-21-26(20-14-6-10-16-8-2-4-12-18(16)20)22(25-27-21)24-19-13-5-9-15-7-1-3-11-17(15)19/h1-14,23H,(H,24,25). The molecule has 5 heteroatoms. The summed E-state index contributed by atoms with van der Waals surface area (Å²) in [7, 11) is 0. The van der Waals surface area contributed by atoms with E-state index in [1.165, 1.54) is 16.9 Å². The van der Waals surface area contributed by atoms with Gasteiger partial charge in [-0.25, -0.2) is 0 Å². The fourth-order valence-corrected chi connectivity index (χ4v) is 3.99. The molecule has 0 atom stereocenters. The lowest BCUT2D eigenvalue weighted by molar-refractivity contribution is 0.981. The molecule has 2 N–H and O–H groups in total. The summed E-state index contributed by atoms with van der Waals surface area (Å²) >= 11 is 1.18. The third kappa shape index (κ3) is 2.69. The molecular weight excluding hydrogens is 352 g/mol. The Morgan fingerprint density at radius 2 is 1.37 bits per heavy atom. The summed E-state index contributed by atoms with van der Waals surface area (Å²) in [6.07, 6.45) is 0. The first kappa shape index (κ1) is 15.8. The van der Waals surface area contributed by atoms with Crippen molar-refractivity contribution < 1.29 is 0 Å². The van der Waals surface area contributed by atoms with E-state index in [0.29, 0.717) is 10.7 Å². The lowest BCUT2D eigenvalue weighted by atomic mass is 10.1. The summed E-state index contributed by atoms with van der Waals surface area (Å²) in [5, 5.41) is 16.4. The van der Waals surface area contributed by atoms with Gasteiger partial charge in [0.25, 0.3) is 0 Å². The number of nitrogens with one attached hydrogen (secondary N) is 2. The van der Waals surface area contributed by atoms with E-state index in [-0.39, 0.29) is 0 Å². The molecule has 0 bridgehead atoms. The maximum absolute atomic E-state index is 8.41. The van der Waals surface area contributed by atoms with Crippen LogP contribution in [0.25, 0.3) is 27.2 Å². The van der Waals surface area contributed by atoms with Gasteiger partial charge < -0.3 is 5.32 Å². The molecule has 130 valence electrons. The molecule has 0 spiro atoms. The molecule has 4 aromatic carbocycles. The van der Waals surface area contributed by atoms with Gasteiger partial charge in [0, 0.05) is 28.0 Å². The van der Waals surface area contributed by atoms with E-state index in [4.69, 9.17) is 5.41 Å². The summed E-state index contributed by atoms with van der Waals surface area (Å²) in [6, 6.07) is 28.8. The minimum Gasteiger partial charge on any atom is -0.324 e. The number of benzene rings is 4. The summed E-state index contributed by atoms with van der Waals surface area (Å²) in [6.45, 7) is 0. The summed E-state index contributed by atoms with van der Waals surface area (Å²) in [5.74, 6) is 0.651. The summed E-state index contributed by atoms with van der Waals surface area (Å²) < 4.78 is 6.38. The number of anilines is 2. The molecule has 27 heavy (non-hydrogen) atoms. The van der Waals surface area contributed by atoms with Crippen LogP contribution in [0.15, 0.2) is 84.9 Å². The van der Waals surface area contributed by atoms with Crippen molar-refractivity contribution in [2.24, 2.45) is 0 Å². The molecule has 1 aromatic heterocycles. The molecule has 0 radical (unpaired) electrons. The highest BCUT2D eigenvalue weighted by Gasteiger charge is 2.13. The third-order valence-electron chi connectivity index (χ3n) is 4.68. The lowest BCUT2D eigenvalue weighted by Gasteiger charge is -2.13. The van der Waals surface area contributed by atoms with Crippen molar-refractivity contribution >= 4 is 44.7 Å². The Kier molecular flexibility index (Phi) is 3.73. The van der Waals surface area contributed by atoms with Gasteiger partial charge >= 0.3 is 0 Å². The molecular formula is C22H16N4S. The van der Waals surface area contributed by atoms with Crippen LogP contribution >= 0.6 is 11.5 Å². The van der Waals surface area contributed by atoms with E-state index in [2.05, 4.69) is 46.1 Å². The minimum atomic E-state index is 0.383. The quantitative estimate of drug-likeness (QED) is 0.444. The van der Waals surface area contributed by atoms with Gasteiger partial charge in [-0.15, -0.1) is 0 Å². The first-order chi connectivity index (χ1) is 13.3. The average Bonchev–Trinajstić information content (AvgIpc) is 3.08. The molecule has 5 aromatic rings. The minimum absolute atomic E-state index is 0.383. The Hall–Kier alpha value is -3.44. The number of hydrogen-bond donors (Lipinski definition) is 2. The predicted octanol–water partition coefficient (Wildman–Crippen LogP) is 5.46. The zero-order chi connectivity index (χ0) is 18.2. The Morgan fingerprint density at radius 1 is 0.741 bits per heavy atom. The number of fused-ring (bicyclic) bond motifs is 2. The van der Waals surface area contributed by atoms with Crippen molar-refractivity contribution in [3.63, 3.8) is 0 Å². The van der Waals surface area contributed by atoms with Gasteiger partial charge in [0.2, 0.25) is 10.7 Å². The third-order valence-corrected chi connectivity index (χ3v) is 5.30. The van der Waals surface area contributed by atoms with Crippen LogP contribution in [0.4, 0.5) is 11.6 Å². The Balaban J connectivity index is 1.69. The van der Waals surface area contributed by atoms with Gasteiger partial charge in [0.15, 0.2) is 0 Å². The molecule has 0 saturated heterocycles. The van der Waals surface area contributed by atoms with E-state index in [1.54, 1.807) is 0 Å². The highest BCUT2D eigenvalue weighted by molar-refractivity contribution is 7.03. The fraction of sp³-hybridized carbons (Fsp3) is 0. The Morgan fingerprint density at radius 3 is 2.19 bits per heavy atom. The van der Waals surface area contributed by atoms with Crippen LogP contribution in [-0.4, -0.2) is 8.94 Å². The first-order valence-electron chi connectivity index (χ1n) is 8.67. The SMILES string of the molecule is N=c1snc(Nc2cccc3ccccc23)n1-c1cccc2ccccc12. The molecule has 0 aliphatic carbocycles. The van der Waals surface area contributed by atoms with E-state index in [1.807, 2.05) is 53.1 Å². The number of aromatic nitrogens is 2. The summed E-state index contributed by atoms with van der Waals surface area (Å²) in [4.78, 5) is 0.383. The van der Waals surface area contributed by atoms with Crippen molar-refractivity contribution in [1.82, 2.24) is 8.94 Å². The molecule has 0 fully saturated rings. The van der Waals surface area contributed by atoms with Crippen LogP contribution < -0.4 is 10.1 Å². The molecule has 5 rings (SSSR count). The molecule has 0 amide bonds. The zero-order valence-corrected chi connectivity index (χ0v) is 15.2. The predicted molar refractivity (Wildman–Crippen MR) is 112 cm³/mol. The molecule has 1 heterocycles. The summed E-state index contributed by atoms with van der Waals surface area (Å²) in [5.41, 5.74) is 1.93. The van der Waals surface area contributed by atoms with Crippen molar-refractivity contribution in [2.45, 2.75) is 0 Å². The van der Waals surface area contributed by atoms with Gasteiger partial charge in [-0.1, -0.05) is 72.8 Å². The van der Waals surface area contributed by atoms with Crippen molar-refractivity contribution in [2.75, 3.05) is 5.32 Å². The molecule has 0 unspecified atom stereocenters. The second kappa shape index (κ2) is 6.37. The zero-order valence-electron chi connectivity index (χ0n) is 14.4. The molecule has 0 aliphatic heterocycles. The molecule has 0 aliphatic rings. The Bertz CT molecular complexity index is 1320. The maximum Gasteiger partial charge on any atom is 0.225 e.